The summed E-state index contributed by atoms with van der Waals surface area (Å²) in [6.45, 7) is 0. The summed E-state index contributed by atoms with van der Waals surface area (Å²) in [6, 6.07) is 12.1. The molecule has 0 fully saturated rings. The first-order valence-corrected chi connectivity index (χ1v) is 6.44. The van der Waals surface area contributed by atoms with Crippen molar-refractivity contribution < 1.29 is 13.6 Å². The first-order chi connectivity index (χ1) is 10.6. The average Bonchev–Trinajstić information content (AvgIpc) is 2.92. The van der Waals surface area contributed by atoms with Crippen LogP contribution in [-0.4, -0.2) is 15.6 Å². The van der Waals surface area contributed by atoms with E-state index in [9.17, 15) is 18.4 Å². The van der Waals surface area contributed by atoms with Gasteiger partial charge in [-0.2, -0.15) is 0 Å². The Morgan fingerprint density at radius 2 is 1.68 bits per heavy atom. The largest absolute Gasteiger partial charge is 0.288 e. The monoisotopic (exact) mass is 300 g/mol. The second kappa shape index (κ2) is 5.40. The van der Waals surface area contributed by atoms with E-state index in [0.717, 1.165) is 12.1 Å². The normalized spacial score (nSPS) is 10.6. The Labute approximate surface area is 123 Å². The number of aromatic nitrogens is 2. The van der Waals surface area contributed by atoms with Gasteiger partial charge in [-0.1, -0.05) is 24.3 Å². The molecule has 0 saturated carbocycles. The summed E-state index contributed by atoms with van der Waals surface area (Å²) in [5, 5.41) is 2.47. The van der Waals surface area contributed by atoms with E-state index in [1.54, 1.807) is 30.3 Å². The van der Waals surface area contributed by atoms with Crippen LogP contribution >= 0.6 is 0 Å². The zero-order chi connectivity index (χ0) is 15.7. The molecule has 0 atom stereocenters. The van der Waals surface area contributed by atoms with Crippen LogP contribution in [0.25, 0.3) is 5.69 Å². The highest BCUT2D eigenvalue weighted by Gasteiger charge is 2.21. The fraction of sp³-hybridized carbons (Fsp3) is 0. The number of halogens is 2. The van der Waals surface area contributed by atoms with Gasteiger partial charge >= 0.3 is 0 Å². The second-order valence-corrected chi connectivity index (χ2v) is 4.62. The number of ketones is 1. The zero-order valence-electron chi connectivity index (χ0n) is 11.2. The van der Waals surface area contributed by atoms with Crippen LogP contribution in [-0.2, 0) is 0 Å². The lowest BCUT2D eigenvalue weighted by molar-refractivity contribution is 0.103. The maximum atomic E-state index is 13.7. The Kier molecular flexibility index (Phi) is 3.42. The molecule has 0 saturated heterocycles. The number of rotatable bonds is 3. The molecule has 2 aromatic carbocycles. The quantitative estimate of drug-likeness (QED) is 0.756. The van der Waals surface area contributed by atoms with Gasteiger partial charge < -0.3 is 0 Å². The van der Waals surface area contributed by atoms with Gasteiger partial charge in [0.15, 0.2) is 11.6 Å². The number of hydrogen-bond donors (Lipinski definition) is 1. The minimum atomic E-state index is -1.26. The first-order valence-electron chi connectivity index (χ1n) is 6.44. The molecule has 22 heavy (non-hydrogen) atoms. The van der Waals surface area contributed by atoms with E-state index in [4.69, 9.17) is 0 Å². The van der Waals surface area contributed by atoms with Crippen molar-refractivity contribution in [3.8, 4) is 5.69 Å². The number of para-hydroxylation sites is 1. The third kappa shape index (κ3) is 2.35. The first kappa shape index (κ1) is 13.9. The number of carbonyl (C=O) groups is 1. The lowest BCUT2D eigenvalue weighted by Gasteiger charge is -2.01. The van der Waals surface area contributed by atoms with Crippen LogP contribution in [0.3, 0.4) is 0 Å². The van der Waals surface area contributed by atoms with Crippen LogP contribution in [0.2, 0.25) is 0 Å². The Morgan fingerprint density at radius 3 is 2.41 bits per heavy atom. The van der Waals surface area contributed by atoms with Crippen molar-refractivity contribution in [1.82, 2.24) is 9.78 Å². The standard InChI is InChI=1S/C16H10F2N2O2/c17-13-8-4-7-11(14(13)18)15(21)12-9-20(19-16(12)22)10-5-2-1-3-6-10/h1-9H,(H,19,22). The van der Waals surface area contributed by atoms with Crippen LogP contribution in [0.15, 0.2) is 59.5 Å². The molecule has 1 aromatic heterocycles. The Hall–Kier alpha value is -3.02. The molecule has 0 spiro atoms. The van der Waals surface area contributed by atoms with Gasteiger partial charge in [-0.25, -0.2) is 8.78 Å². The van der Waals surface area contributed by atoms with Crippen molar-refractivity contribution in [3.05, 3.63) is 87.8 Å². The molecule has 0 bridgehead atoms. The van der Waals surface area contributed by atoms with E-state index in [1.807, 2.05) is 0 Å². The lowest BCUT2D eigenvalue weighted by atomic mass is 10.1. The molecule has 1 heterocycles. The summed E-state index contributed by atoms with van der Waals surface area (Å²) in [5.74, 6) is -3.27. The molecule has 0 aliphatic heterocycles. The summed E-state index contributed by atoms with van der Waals surface area (Å²) in [5.41, 5.74) is -0.763. The molecule has 6 heteroatoms. The fourth-order valence-corrected chi connectivity index (χ4v) is 2.10. The van der Waals surface area contributed by atoms with Crippen LogP contribution in [0.5, 0.6) is 0 Å². The predicted molar refractivity (Wildman–Crippen MR) is 76.2 cm³/mol. The van der Waals surface area contributed by atoms with Gasteiger partial charge in [-0.3, -0.25) is 19.4 Å². The maximum Gasteiger partial charge on any atom is 0.275 e. The molecule has 4 nitrogen and oxygen atoms in total. The third-order valence-electron chi connectivity index (χ3n) is 3.20. The molecule has 0 aliphatic rings. The van der Waals surface area contributed by atoms with E-state index in [-0.39, 0.29) is 5.56 Å². The summed E-state index contributed by atoms with van der Waals surface area (Å²) in [7, 11) is 0. The van der Waals surface area contributed by atoms with E-state index >= 15 is 0 Å². The van der Waals surface area contributed by atoms with Gasteiger partial charge in [0.1, 0.15) is 5.56 Å². The molecule has 0 unspecified atom stereocenters. The number of benzene rings is 2. The van der Waals surface area contributed by atoms with E-state index in [2.05, 4.69) is 5.10 Å². The van der Waals surface area contributed by atoms with Crippen molar-refractivity contribution >= 4 is 5.78 Å². The number of aromatic amines is 1. The topological polar surface area (TPSA) is 54.9 Å². The molecule has 0 aliphatic carbocycles. The third-order valence-corrected chi connectivity index (χ3v) is 3.20. The summed E-state index contributed by atoms with van der Waals surface area (Å²) < 4.78 is 28.2. The van der Waals surface area contributed by atoms with Crippen LogP contribution in [0, 0.1) is 11.6 Å². The number of H-pyrrole nitrogens is 1. The summed E-state index contributed by atoms with van der Waals surface area (Å²) in [6.07, 6.45) is 1.27. The van der Waals surface area contributed by atoms with Crippen LogP contribution in [0.4, 0.5) is 8.78 Å². The second-order valence-electron chi connectivity index (χ2n) is 4.62. The van der Waals surface area contributed by atoms with Gasteiger partial charge in [0.2, 0.25) is 5.78 Å². The van der Waals surface area contributed by atoms with Gasteiger partial charge in [0.25, 0.3) is 5.56 Å². The molecule has 0 radical (unpaired) electrons. The Morgan fingerprint density at radius 1 is 0.955 bits per heavy atom. The van der Waals surface area contributed by atoms with Crippen molar-refractivity contribution in [1.29, 1.82) is 0 Å². The predicted octanol–water partition coefficient (Wildman–Crippen LogP) is 2.67. The summed E-state index contributed by atoms with van der Waals surface area (Å²) >= 11 is 0. The number of nitrogens with zero attached hydrogens (tertiary/aromatic N) is 1. The molecule has 1 N–H and O–H groups in total. The molecule has 110 valence electrons. The van der Waals surface area contributed by atoms with Crippen molar-refractivity contribution in [2.24, 2.45) is 0 Å². The molecule has 0 amide bonds. The van der Waals surface area contributed by atoms with Crippen LogP contribution in [0.1, 0.15) is 15.9 Å². The lowest BCUT2D eigenvalue weighted by Crippen LogP contribution is -2.15. The minimum Gasteiger partial charge on any atom is -0.288 e. The van der Waals surface area contributed by atoms with Crippen molar-refractivity contribution in [2.75, 3.05) is 0 Å². The van der Waals surface area contributed by atoms with Gasteiger partial charge in [0, 0.05) is 6.20 Å². The zero-order valence-corrected chi connectivity index (χ0v) is 11.2. The van der Waals surface area contributed by atoms with Gasteiger partial charge in [0.05, 0.1) is 11.3 Å². The number of carbonyl (C=O) groups excluding carboxylic acids is 1. The van der Waals surface area contributed by atoms with E-state index in [1.165, 1.54) is 16.9 Å². The Bertz CT molecular complexity index is 898. The van der Waals surface area contributed by atoms with Crippen molar-refractivity contribution in [2.45, 2.75) is 0 Å². The van der Waals surface area contributed by atoms with E-state index < -0.39 is 28.5 Å². The van der Waals surface area contributed by atoms with Gasteiger partial charge in [-0.15, -0.1) is 0 Å². The SMILES string of the molecule is O=C(c1cccc(F)c1F)c1cn(-c2ccccc2)[nH]c1=O. The molecular weight excluding hydrogens is 290 g/mol. The molecule has 3 aromatic rings. The minimum absolute atomic E-state index is 0.256. The van der Waals surface area contributed by atoms with Gasteiger partial charge in [-0.05, 0) is 24.3 Å². The number of hydrogen-bond acceptors (Lipinski definition) is 2. The smallest absolute Gasteiger partial charge is 0.275 e. The maximum absolute atomic E-state index is 13.7. The van der Waals surface area contributed by atoms with E-state index in [0.29, 0.717) is 5.69 Å². The fourth-order valence-electron chi connectivity index (χ4n) is 2.10. The highest BCUT2D eigenvalue weighted by molar-refractivity contribution is 6.08. The van der Waals surface area contributed by atoms with Crippen molar-refractivity contribution in [3.63, 3.8) is 0 Å². The highest BCUT2D eigenvalue weighted by atomic mass is 19.2. The highest BCUT2D eigenvalue weighted by Crippen LogP contribution is 2.15. The molecule has 3 rings (SSSR count). The number of nitrogens with one attached hydrogen (secondary N) is 1. The molecular formula is C16H10F2N2O2. The van der Waals surface area contributed by atoms with Crippen LogP contribution < -0.4 is 5.56 Å². The summed E-state index contributed by atoms with van der Waals surface area (Å²) in [4.78, 5) is 24.2. The Balaban J connectivity index is 2.06. The average molecular weight is 300 g/mol.